The number of ether oxygens (including phenoxy) is 1. The summed E-state index contributed by atoms with van der Waals surface area (Å²) < 4.78 is 5.70. The van der Waals surface area contributed by atoms with Crippen LogP contribution >= 0.6 is 0 Å². The molecule has 3 aromatic carbocycles. The molecule has 3 nitrogen and oxygen atoms in total. The fraction of sp³-hybridized carbons (Fsp3) is 0.167. The molecule has 0 heterocycles. The molecule has 0 radical (unpaired) electrons. The van der Waals surface area contributed by atoms with Crippen LogP contribution in [0.3, 0.4) is 0 Å². The van der Waals surface area contributed by atoms with E-state index in [2.05, 4.69) is 4.99 Å². The summed E-state index contributed by atoms with van der Waals surface area (Å²) in [4.78, 5) is 17.1. The third-order valence-electron chi connectivity index (χ3n) is 4.30. The van der Waals surface area contributed by atoms with Gasteiger partial charge in [0.2, 0.25) is 0 Å². The number of hydrogen-bond acceptors (Lipinski definition) is 3. The van der Waals surface area contributed by atoms with E-state index in [1.807, 2.05) is 105 Å². The zero-order valence-electron chi connectivity index (χ0n) is 15.6. The molecule has 0 atom stereocenters. The molecule has 0 amide bonds. The highest BCUT2D eigenvalue weighted by Gasteiger charge is 2.25. The molecule has 0 aliphatic carbocycles. The number of carbonyl (C=O) groups is 1. The quantitative estimate of drug-likeness (QED) is 0.460. The Hall–Kier alpha value is -3.20. The normalized spacial score (nSPS) is 10.9. The van der Waals surface area contributed by atoms with Crippen molar-refractivity contribution in [3.05, 3.63) is 108 Å². The van der Waals surface area contributed by atoms with Gasteiger partial charge in [0.25, 0.3) is 0 Å². The summed E-state index contributed by atoms with van der Waals surface area (Å²) in [6.07, 6.45) is 0. The molecule has 0 saturated carbocycles. The average molecular weight is 357 g/mol. The number of nitrogens with zero attached hydrogens (tertiary/aromatic N) is 1. The molecule has 136 valence electrons. The first-order chi connectivity index (χ1) is 13.1. The van der Waals surface area contributed by atoms with E-state index in [-0.39, 0.29) is 12.5 Å². The smallest absolute Gasteiger partial charge is 0.328 e. The fourth-order valence-electron chi connectivity index (χ4n) is 2.90. The van der Waals surface area contributed by atoms with Crippen molar-refractivity contribution in [3.8, 4) is 0 Å². The summed E-state index contributed by atoms with van der Waals surface area (Å²) in [6.45, 7) is 3.74. The minimum atomic E-state index is -0.701. The van der Waals surface area contributed by atoms with Crippen molar-refractivity contribution < 1.29 is 9.53 Å². The van der Waals surface area contributed by atoms with Gasteiger partial charge in [-0.3, -0.25) is 9.79 Å². The third-order valence-corrected chi connectivity index (χ3v) is 4.30. The molecular formula is C24H23NO2. The van der Waals surface area contributed by atoms with Crippen molar-refractivity contribution >= 4 is 11.7 Å². The lowest BCUT2D eigenvalue weighted by molar-refractivity contribution is -0.155. The molecule has 3 heteroatoms. The van der Waals surface area contributed by atoms with E-state index in [9.17, 15) is 4.79 Å². The van der Waals surface area contributed by atoms with Crippen molar-refractivity contribution in [3.63, 3.8) is 0 Å². The molecule has 0 aliphatic rings. The van der Waals surface area contributed by atoms with Crippen LogP contribution in [0.2, 0.25) is 0 Å². The molecule has 0 saturated heterocycles. The van der Waals surface area contributed by atoms with Crippen molar-refractivity contribution in [1.29, 1.82) is 0 Å². The van der Waals surface area contributed by atoms with Crippen molar-refractivity contribution in [2.45, 2.75) is 19.4 Å². The lowest BCUT2D eigenvalue weighted by Crippen LogP contribution is -2.27. The minimum absolute atomic E-state index is 0.0324. The van der Waals surface area contributed by atoms with Gasteiger partial charge in [-0.25, -0.2) is 0 Å². The van der Waals surface area contributed by atoms with Crippen LogP contribution in [-0.4, -0.2) is 18.2 Å². The number of rotatable bonds is 6. The van der Waals surface area contributed by atoms with Crippen molar-refractivity contribution in [2.75, 3.05) is 6.54 Å². The fourth-order valence-corrected chi connectivity index (χ4v) is 2.90. The Bertz CT molecular complexity index is 859. The molecular weight excluding hydrogens is 334 g/mol. The maximum atomic E-state index is 12.5. The van der Waals surface area contributed by atoms with Crippen LogP contribution in [0.5, 0.6) is 0 Å². The summed E-state index contributed by atoms with van der Waals surface area (Å²) in [5, 5.41) is 0. The van der Waals surface area contributed by atoms with Crippen LogP contribution < -0.4 is 0 Å². The van der Waals surface area contributed by atoms with E-state index < -0.39 is 5.60 Å². The first-order valence-corrected chi connectivity index (χ1v) is 8.99. The average Bonchev–Trinajstić information content (AvgIpc) is 2.70. The Balaban J connectivity index is 1.79. The van der Waals surface area contributed by atoms with E-state index in [1.54, 1.807) is 0 Å². The van der Waals surface area contributed by atoms with Crippen LogP contribution in [0.15, 0.2) is 96.0 Å². The highest BCUT2D eigenvalue weighted by molar-refractivity contribution is 6.13. The maximum Gasteiger partial charge on any atom is 0.328 e. The van der Waals surface area contributed by atoms with E-state index >= 15 is 0 Å². The maximum absolute atomic E-state index is 12.5. The molecule has 3 aromatic rings. The summed E-state index contributed by atoms with van der Waals surface area (Å²) >= 11 is 0. The van der Waals surface area contributed by atoms with Gasteiger partial charge in [-0.05, 0) is 19.4 Å². The van der Waals surface area contributed by atoms with Gasteiger partial charge in [-0.2, -0.15) is 0 Å². The summed E-state index contributed by atoms with van der Waals surface area (Å²) in [5.74, 6) is -0.354. The summed E-state index contributed by atoms with van der Waals surface area (Å²) in [6, 6.07) is 29.5. The van der Waals surface area contributed by atoms with Crippen LogP contribution in [0.4, 0.5) is 0 Å². The predicted octanol–water partition coefficient (Wildman–Crippen LogP) is 5.00. The van der Waals surface area contributed by atoms with Gasteiger partial charge >= 0.3 is 5.97 Å². The monoisotopic (exact) mass is 357 g/mol. The Morgan fingerprint density at radius 1 is 0.778 bits per heavy atom. The first kappa shape index (κ1) is 18.6. The highest BCUT2D eigenvalue weighted by atomic mass is 16.6. The molecule has 0 spiro atoms. The Morgan fingerprint density at radius 2 is 1.22 bits per heavy atom. The van der Waals surface area contributed by atoms with E-state index in [0.717, 1.165) is 22.4 Å². The van der Waals surface area contributed by atoms with Crippen LogP contribution in [0, 0.1) is 0 Å². The molecule has 0 unspecified atom stereocenters. The van der Waals surface area contributed by atoms with Crippen LogP contribution in [0.1, 0.15) is 30.5 Å². The molecule has 3 rings (SSSR count). The van der Waals surface area contributed by atoms with E-state index in [4.69, 9.17) is 4.74 Å². The second-order valence-corrected chi connectivity index (χ2v) is 6.75. The van der Waals surface area contributed by atoms with Gasteiger partial charge in [-0.15, -0.1) is 0 Å². The third kappa shape index (κ3) is 4.91. The molecule has 0 N–H and O–H groups in total. The molecule has 0 aliphatic heterocycles. The zero-order chi connectivity index (χ0) is 19.1. The molecule has 0 aromatic heterocycles. The van der Waals surface area contributed by atoms with E-state index in [0.29, 0.717) is 0 Å². The SMILES string of the molecule is CC(C)(OC(=O)CN=C(c1ccccc1)c1ccccc1)c1ccccc1. The predicted molar refractivity (Wildman–Crippen MR) is 109 cm³/mol. The number of aliphatic imine (C=N–C) groups is 1. The number of benzene rings is 3. The number of esters is 1. The Kier molecular flexibility index (Phi) is 5.82. The lowest BCUT2D eigenvalue weighted by Gasteiger charge is -2.25. The van der Waals surface area contributed by atoms with E-state index in [1.165, 1.54) is 0 Å². The Morgan fingerprint density at radius 3 is 1.70 bits per heavy atom. The minimum Gasteiger partial charge on any atom is -0.453 e. The molecule has 0 fully saturated rings. The molecule has 0 bridgehead atoms. The second kappa shape index (κ2) is 8.45. The summed E-state index contributed by atoms with van der Waals surface area (Å²) in [7, 11) is 0. The lowest BCUT2D eigenvalue weighted by atomic mass is 9.98. The van der Waals surface area contributed by atoms with Crippen LogP contribution in [0.25, 0.3) is 0 Å². The van der Waals surface area contributed by atoms with Gasteiger partial charge < -0.3 is 4.74 Å². The van der Waals surface area contributed by atoms with Gasteiger partial charge in [0.05, 0.1) is 5.71 Å². The largest absolute Gasteiger partial charge is 0.453 e. The highest BCUT2D eigenvalue weighted by Crippen LogP contribution is 2.24. The van der Waals surface area contributed by atoms with Gasteiger partial charge in [-0.1, -0.05) is 91.0 Å². The van der Waals surface area contributed by atoms with Gasteiger partial charge in [0.1, 0.15) is 12.1 Å². The summed E-state index contributed by atoms with van der Waals surface area (Å²) in [5.41, 5.74) is 2.98. The van der Waals surface area contributed by atoms with Crippen molar-refractivity contribution in [2.24, 2.45) is 4.99 Å². The number of hydrogen-bond donors (Lipinski definition) is 0. The molecule has 27 heavy (non-hydrogen) atoms. The van der Waals surface area contributed by atoms with Gasteiger partial charge in [0, 0.05) is 11.1 Å². The topological polar surface area (TPSA) is 38.7 Å². The standard InChI is InChI=1S/C24H23NO2/c1-24(2,21-16-10-5-11-17-21)27-22(26)18-25-23(19-12-6-3-7-13-19)20-14-8-4-9-15-20/h3-17H,18H2,1-2H3. The van der Waals surface area contributed by atoms with Crippen LogP contribution in [-0.2, 0) is 15.1 Å². The van der Waals surface area contributed by atoms with Crippen molar-refractivity contribution in [1.82, 2.24) is 0 Å². The zero-order valence-corrected chi connectivity index (χ0v) is 15.6. The first-order valence-electron chi connectivity index (χ1n) is 8.99. The number of carbonyl (C=O) groups excluding carboxylic acids is 1. The Labute approximate surface area is 160 Å². The van der Waals surface area contributed by atoms with Gasteiger partial charge in [0.15, 0.2) is 0 Å². The second-order valence-electron chi connectivity index (χ2n) is 6.75.